The van der Waals surface area contributed by atoms with Crippen LogP contribution in [0.1, 0.15) is 17.7 Å². The van der Waals surface area contributed by atoms with E-state index in [0.29, 0.717) is 6.20 Å². The Labute approximate surface area is 178 Å². The van der Waals surface area contributed by atoms with Gasteiger partial charge in [0, 0.05) is 30.7 Å². The van der Waals surface area contributed by atoms with Crippen LogP contribution in [0.3, 0.4) is 0 Å². The van der Waals surface area contributed by atoms with E-state index in [1.54, 1.807) is 6.20 Å². The molecule has 0 atom stereocenters. The molecule has 0 aliphatic heterocycles. The molecule has 32 heavy (non-hydrogen) atoms. The number of benzene rings is 1. The summed E-state index contributed by atoms with van der Waals surface area (Å²) in [6.07, 6.45) is -1.59. The minimum atomic E-state index is -4.77. The number of nitrogens with one attached hydrogen (secondary N) is 1. The van der Waals surface area contributed by atoms with Gasteiger partial charge in [-0.15, -0.1) is 0 Å². The second-order valence-electron chi connectivity index (χ2n) is 6.68. The summed E-state index contributed by atoms with van der Waals surface area (Å²) in [4.78, 5) is 11.9. The molecule has 0 fully saturated rings. The third kappa shape index (κ3) is 4.71. The predicted molar refractivity (Wildman–Crippen MR) is 107 cm³/mol. The maximum absolute atomic E-state index is 13.4. The van der Waals surface area contributed by atoms with Gasteiger partial charge >= 0.3 is 12.7 Å². The number of aromatic nitrogens is 5. The van der Waals surface area contributed by atoms with E-state index < -0.39 is 24.0 Å². The highest BCUT2D eigenvalue weighted by Crippen LogP contribution is 2.35. The summed E-state index contributed by atoms with van der Waals surface area (Å²) >= 11 is 0. The normalized spacial score (nSPS) is 11.7. The molecule has 0 radical (unpaired) electrons. The van der Waals surface area contributed by atoms with Crippen LogP contribution in [-0.2, 0) is 12.7 Å². The second-order valence-corrected chi connectivity index (χ2v) is 6.68. The van der Waals surface area contributed by atoms with Crippen LogP contribution in [-0.4, -0.2) is 24.7 Å². The fourth-order valence-corrected chi connectivity index (χ4v) is 2.95. The van der Waals surface area contributed by atoms with Gasteiger partial charge in [0.25, 0.3) is 0 Å². The SMILES string of the molecule is FC(F)n1ccc(-c2nc(NCc3ccc(-c4ccccn4)cc3)ncc2C(F)(F)F)n1. The van der Waals surface area contributed by atoms with Gasteiger partial charge in [-0.1, -0.05) is 30.3 Å². The Morgan fingerprint density at radius 1 is 0.938 bits per heavy atom. The fourth-order valence-electron chi connectivity index (χ4n) is 2.95. The molecule has 11 heteroatoms. The first-order valence-corrected chi connectivity index (χ1v) is 9.33. The van der Waals surface area contributed by atoms with Gasteiger partial charge in [0.1, 0.15) is 17.0 Å². The van der Waals surface area contributed by atoms with Crippen LogP contribution in [0.25, 0.3) is 22.6 Å². The zero-order valence-electron chi connectivity index (χ0n) is 16.3. The Hall–Kier alpha value is -3.89. The van der Waals surface area contributed by atoms with E-state index in [9.17, 15) is 22.0 Å². The first-order chi connectivity index (χ1) is 15.3. The van der Waals surface area contributed by atoms with Crippen molar-refractivity contribution >= 4 is 5.95 Å². The molecule has 3 aromatic heterocycles. The van der Waals surface area contributed by atoms with Crippen molar-refractivity contribution in [3.05, 3.63) is 78.2 Å². The predicted octanol–water partition coefficient (Wildman–Crippen LogP) is 5.43. The van der Waals surface area contributed by atoms with E-state index in [1.165, 1.54) is 0 Å². The molecule has 3 heterocycles. The second kappa shape index (κ2) is 8.69. The molecule has 0 amide bonds. The van der Waals surface area contributed by atoms with Gasteiger partial charge in [-0.05, 0) is 23.8 Å². The lowest BCUT2D eigenvalue weighted by Crippen LogP contribution is -2.12. The zero-order valence-corrected chi connectivity index (χ0v) is 16.3. The van der Waals surface area contributed by atoms with E-state index in [0.717, 1.165) is 29.1 Å². The number of hydrogen-bond acceptors (Lipinski definition) is 5. The molecule has 6 nitrogen and oxygen atoms in total. The highest BCUT2D eigenvalue weighted by molar-refractivity contribution is 5.61. The third-order valence-electron chi connectivity index (χ3n) is 4.51. The Bertz CT molecular complexity index is 1190. The number of anilines is 1. The lowest BCUT2D eigenvalue weighted by molar-refractivity contribution is -0.137. The smallest absolute Gasteiger partial charge is 0.350 e. The largest absolute Gasteiger partial charge is 0.420 e. The summed E-state index contributed by atoms with van der Waals surface area (Å²) in [6, 6.07) is 14.0. The van der Waals surface area contributed by atoms with Gasteiger partial charge in [0.2, 0.25) is 5.95 Å². The van der Waals surface area contributed by atoms with Crippen molar-refractivity contribution in [1.82, 2.24) is 24.7 Å². The summed E-state index contributed by atoms with van der Waals surface area (Å²) in [7, 11) is 0. The Kier molecular flexibility index (Phi) is 5.80. The van der Waals surface area contributed by atoms with Gasteiger partial charge in [0.05, 0.1) is 5.69 Å². The maximum Gasteiger partial charge on any atom is 0.420 e. The first-order valence-electron chi connectivity index (χ1n) is 9.33. The van der Waals surface area contributed by atoms with Gasteiger partial charge in [-0.2, -0.15) is 27.1 Å². The topological polar surface area (TPSA) is 68.5 Å². The number of alkyl halides is 5. The quantitative estimate of drug-likeness (QED) is 0.400. The van der Waals surface area contributed by atoms with Crippen molar-refractivity contribution in [2.45, 2.75) is 19.3 Å². The Morgan fingerprint density at radius 3 is 2.34 bits per heavy atom. The van der Waals surface area contributed by atoms with Crippen LogP contribution < -0.4 is 5.32 Å². The van der Waals surface area contributed by atoms with Gasteiger partial charge in [-0.25, -0.2) is 14.6 Å². The number of halogens is 5. The van der Waals surface area contributed by atoms with E-state index in [4.69, 9.17) is 0 Å². The molecule has 4 aromatic rings. The minimum absolute atomic E-state index is 0.0894. The van der Waals surface area contributed by atoms with Crippen molar-refractivity contribution in [1.29, 1.82) is 0 Å². The number of pyridine rings is 1. The van der Waals surface area contributed by atoms with Crippen LogP contribution in [0.15, 0.2) is 67.1 Å². The summed E-state index contributed by atoms with van der Waals surface area (Å²) in [5.74, 6) is -0.0894. The van der Waals surface area contributed by atoms with E-state index in [1.807, 2.05) is 42.5 Å². The molecular weight excluding hydrogens is 431 g/mol. The molecule has 4 rings (SSSR count). The van der Waals surface area contributed by atoms with Gasteiger partial charge < -0.3 is 5.32 Å². The Balaban J connectivity index is 1.55. The van der Waals surface area contributed by atoms with Crippen molar-refractivity contribution in [3.8, 4) is 22.6 Å². The molecule has 0 unspecified atom stereocenters. The molecule has 0 aliphatic rings. The molecule has 1 aromatic carbocycles. The number of nitrogens with zero attached hydrogens (tertiary/aromatic N) is 5. The van der Waals surface area contributed by atoms with Crippen LogP contribution in [0.2, 0.25) is 0 Å². The van der Waals surface area contributed by atoms with Crippen molar-refractivity contribution in [2.75, 3.05) is 5.32 Å². The molecule has 0 aliphatic carbocycles. The van der Waals surface area contributed by atoms with Crippen LogP contribution >= 0.6 is 0 Å². The number of hydrogen-bond donors (Lipinski definition) is 1. The Morgan fingerprint density at radius 2 is 1.72 bits per heavy atom. The molecule has 164 valence electrons. The van der Waals surface area contributed by atoms with Crippen LogP contribution in [0, 0.1) is 0 Å². The molecule has 0 spiro atoms. The molecule has 0 saturated carbocycles. The highest BCUT2D eigenvalue weighted by Gasteiger charge is 2.36. The van der Waals surface area contributed by atoms with E-state index in [-0.39, 0.29) is 22.9 Å². The fraction of sp³-hybridized carbons (Fsp3) is 0.143. The van der Waals surface area contributed by atoms with Crippen molar-refractivity contribution in [2.24, 2.45) is 0 Å². The summed E-state index contributed by atoms with van der Waals surface area (Å²) < 4.78 is 65.9. The molecular formula is C21H15F5N6. The average molecular weight is 446 g/mol. The monoisotopic (exact) mass is 446 g/mol. The minimum Gasteiger partial charge on any atom is -0.350 e. The molecule has 1 N–H and O–H groups in total. The van der Waals surface area contributed by atoms with Crippen LogP contribution in [0.4, 0.5) is 27.9 Å². The lowest BCUT2D eigenvalue weighted by atomic mass is 10.1. The molecule has 0 bridgehead atoms. The van der Waals surface area contributed by atoms with Gasteiger partial charge in [0.15, 0.2) is 0 Å². The van der Waals surface area contributed by atoms with E-state index in [2.05, 4.69) is 25.4 Å². The lowest BCUT2D eigenvalue weighted by Gasteiger charge is -2.12. The average Bonchev–Trinajstić information content (AvgIpc) is 3.29. The summed E-state index contributed by atoms with van der Waals surface area (Å²) in [6.45, 7) is -2.75. The van der Waals surface area contributed by atoms with Crippen LogP contribution in [0.5, 0.6) is 0 Å². The molecule has 0 saturated heterocycles. The van der Waals surface area contributed by atoms with Crippen molar-refractivity contribution < 1.29 is 22.0 Å². The first kappa shape index (κ1) is 21.3. The zero-order chi connectivity index (χ0) is 22.7. The maximum atomic E-state index is 13.4. The van der Waals surface area contributed by atoms with Gasteiger partial charge in [-0.3, -0.25) is 4.98 Å². The van der Waals surface area contributed by atoms with E-state index >= 15 is 0 Å². The highest BCUT2D eigenvalue weighted by atomic mass is 19.4. The summed E-state index contributed by atoms with van der Waals surface area (Å²) in [5, 5.41) is 6.35. The number of rotatable bonds is 6. The van der Waals surface area contributed by atoms with Crippen molar-refractivity contribution in [3.63, 3.8) is 0 Å². The third-order valence-corrected chi connectivity index (χ3v) is 4.51. The standard InChI is InChI=1S/C21H15F5N6/c22-19(23)32-10-8-17(31-32)18-15(21(24,25)26)12-29-20(30-18)28-11-13-4-6-14(7-5-13)16-3-1-2-9-27-16/h1-10,12,19H,11H2,(H,28,29,30). The summed E-state index contributed by atoms with van der Waals surface area (Å²) in [5.41, 5.74) is 0.477.